The van der Waals surface area contributed by atoms with Crippen molar-refractivity contribution in [3.63, 3.8) is 0 Å². The van der Waals surface area contributed by atoms with Crippen molar-refractivity contribution < 1.29 is 4.79 Å². The summed E-state index contributed by atoms with van der Waals surface area (Å²) in [5, 5.41) is 9.72. The lowest BCUT2D eigenvalue weighted by Gasteiger charge is -2.22. The van der Waals surface area contributed by atoms with E-state index in [0.717, 1.165) is 29.2 Å². The van der Waals surface area contributed by atoms with Crippen LogP contribution in [-0.2, 0) is 11.2 Å². The summed E-state index contributed by atoms with van der Waals surface area (Å²) < 4.78 is 2.06. The first-order valence-corrected chi connectivity index (χ1v) is 12.5. The topological polar surface area (TPSA) is 63.9 Å². The number of fused-ring (bicyclic) bond motifs is 1. The number of hydrogen-bond donors (Lipinski definition) is 0. The van der Waals surface area contributed by atoms with Crippen LogP contribution in [-0.4, -0.2) is 37.5 Å². The molecule has 4 aromatic rings. The quantitative estimate of drug-likeness (QED) is 0.348. The normalized spacial score (nSPS) is 15.1. The number of nitrogens with zero attached hydrogens (tertiary/aromatic N) is 5. The monoisotopic (exact) mass is 469 g/mol. The Kier molecular flexibility index (Phi) is 6.20. The van der Waals surface area contributed by atoms with Crippen LogP contribution < -0.4 is 4.90 Å². The molecule has 0 unspecified atom stereocenters. The Balaban J connectivity index is 1.50. The summed E-state index contributed by atoms with van der Waals surface area (Å²) in [5.41, 5.74) is 5.34. The van der Waals surface area contributed by atoms with Crippen LogP contribution in [0.4, 0.5) is 5.69 Å². The molecule has 6 nitrogen and oxygen atoms in total. The molecule has 0 radical (unpaired) electrons. The number of amides is 1. The number of thioether (sulfide) groups is 1. The van der Waals surface area contributed by atoms with E-state index in [0.29, 0.717) is 11.1 Å². The van der Waals surface area contributed by atoms with E-state index in [-0.39, 0.29) is 17.7 Å². The van der Waals surface area contributed by atoms with Gasteiger partial charge in [0.2, 0.25) is 5.91 Å². The lowest BCUT2D eigenvalue weighted by atomic mass is 10.0. The van der Waals surface area contributed by atoms with Crippen molar-refractivity contribution in [2.24, 2.45) is 0 Å². The van der Waals surface area contributed by atoms with E-state index < -0.39 is 0 Å². The van der Waals surface area contributed by atoms with E-state index in [9.17, 15) is 4.79 Å². The second-order valence-corrected chi connectivity index (χ2v) is 9.77. The van der Waals surface area contributed by atoms with Crippen molar-refractivity contribution in [1.82, 2.24) is 19.7 Å². The zero-order valence-corrected chi connectivity index (χ0v) is 20.4. The van der Waals surface area contributed by atoms with Gasteiger partial charge >= 0.3 is 0 Å². The molecule has 2 aromatic carbocycles. The maximum atomic E-state index is 13.3. The maximum absolute atomic E-state index is 13.3. The highest BCUT2D eigenvalue weighted by molar-refractivity contribution is 7.99. The molecule has 2 aromatic heterocycles. The Hall–Kier alpha value is -3.45. The van der Waals surface area contributed by atoms with Gasteiger partial charge in [-0.2, -0.15) is 0 Å². The van der Waals surface area contributed by atoms with E-state index in [2.05, 4.69) is 64.8 Å². The van der Waals surface area contributed by atoms with E-state index in [4.69, 9.17) is 0 Å². The summed E-state index contributed by atoms with van der Waals surface area (Å²) in [6, 6.07) is 20.5. The van der Waals surface area contributed by atoms with Crippen LogP contribution in [0.2, 0.25) is 0 Å². The first-order chi connectivity index (χ1) is 16.5. The number of anilines is 1. The van der Waals surface area contributed by atoms with Crippen molar-refractivity contribution in [2.45, 2.75) is 44.3 Å². The average molecular weight is 470 g/mol. The zero-order chi connectivity index (χ0) is 23.7. The number of pyridine rings is 1. The summed E-state index contributed by atoms with van der Waals surface area (Å²) in [5.74, 6) is 1.41. The molecule has 1 aliphatic rings. The lowest BCUT2D eigenvalue weighted by molar-refractivity contribution is -0.116. The maximum Gasteiger partial charge on any atom is 0.237 e. The van der Waals surface area contributed by atoms with Gasteiger partial charge < -0.3 is 4.90 Å². The fourth-order valence-corrected chi connectivity index (χ4v) is 5.39. The molecule has 0 spiro atoms. The molecule has 7 heteroatoms. The van der Waals surface area contributed by atoms with Crippen molar-refractivity contribution in [3.05, 3.63) is 84.2 Å². The van der Waals surface area contributed by atoms with E-state index >= 15 is 0 Å². The minimum absolute atomic E-state index is 0.0806. The van der Waals surface area contributed by atoms with Crippen LogP contribution in [0.25, 0.3) is 17.1 Å². The number of rotatable bonds is 6. The Bertz CT molecular complexity index is 1320. The Morgan fingerprint density at radius 3 is 2.56 bits per heavy atom. The van der Waals surface area contributed by atoms with Gasteiger partial charge in [0.05, 0.1) is 11.4 Å². The summed E-state index contributed by atoms with van der Waals surface area (Å²) >= 11 is 1.43. The van der Waals surface area contributed by atoms with Gasteiger partial charge in [-0.15, -0.1) is 10.2 Å². The summed E-state index contributed by atoms with van der Waals surface area (Å²) in [4.78, 5) is 19.5. The third-order valence-corrected chi connectivity index (χ3v) is 7.07. The summed E-state index contributed by atoms with van der Waals surface area (Å²) in [7, 11) is 0. The molecule has 34 heavy (non-hydrogen) atoms. The third kappa shape index (κ3) is 4.12. The van der Waals surface area contributed by atoms with Gasteiger partial charge in [0.15, 0.2) is 11.0 Å². The molecule has 172 valence electrons. The van der Waals surface area contributed by atoms with Crippen molar-refractivity contribution in [3.8, 4) is 17.1 Å². The van der Waals surface area contributed by atoms with Crippen LogP contribution in [0.15, 0.2) is 78.2 Å². The molecular formula is C27H27N5OS. The standard InChI is InChI=1S/C27H27N5OS/c1-18(2)22-11-5-7-13-24(22)32-26(21-10-8-14-28-16-21)29-30-27(32)34-17-25(33)31-19(3)15-20-9-4-6-12-23(20)31/h4-14,16,18-19H,15,17H2,1-3H3/t19-/m1/s1. The molecule has 5 rings (SSSR count). The molecule has 1 aliphatic heterocycles. The van der Waals surface area contributed by atoms with Gasteiger partial charge in [-0.3, -0.25) is 14.3 Å². The molecule has 0 bridgehead atoms. The van der Waals surface area contributed by atoms with Crippen LogP contribution in [0.1, 0.15) is 37.8 Å². The molecule has 0 N–H and O–H groups in total. The highest BCUT2D eigenvalue weighted by Crippen LogP contribution is 2.35. The molecular weight excluding hydrogens is 442 g/mol. The van der Waals surface area contributed by atoms with Gasteiger partial charge in [0.1, 0.15) is 0 Å². The number of aromatic nitrogens is 4. The molecule has 0 saturated heterocycles. The Morgan fingerprint density at radius 1 is 1.03 bits per heavy atom. The van der Waals surface area contributed by atoms with Gasteiger partial charge in [-0.25, -0.2) is 0 Å². The average Bonchev–Trinajstić information content (AvgIpc) is 3.43. The van der Waals surface area contributed by atoms with Gasteiger partial charge in [-0.1, -0.05) is 62.0 Å². The van der Waals surface area contributed by atoms with Crippen molar-refractivity contribution >= 4 is 23.4 Å². The molecule has 3 heterocycles. The number of benzene rings is 2. The predicted molar refractivity (Wildman–Crippen MR) is 136 cm³/mol. The highest BCUT2D eigenvalue weighted by atomic mass is 32.2. The number of carbonyl (C=O) groups is 1. The highest BCUT2D eigenvalue weighted by Gasteiger charge is 2.31. The van der Waals surface area contributed by atoms with Gasteiger partial charge in [-0.05, 0) is 54.7 Å². The van der Waals surface area contributed by atoms with Crippen molar-refractivity contribution in [1.29, 1.82) is 0 Å². The largest absolute Gasteiger partial charge is 0.308 e. The second kappa shape index (κ2) is 9.43. The van der Waals surface area contributed by atoms with Crippen molar-refractivity contribution in [2.75, 3.05) is 10.7 Å². The first kappa shape index (κ1) is 22.3. The SMILES string of the molecule is CC(C)c1ccccc1-n1c(SCC(=O)N2c3ccccc3C[C@H]2C)nnc1-c1cccnc1. The first-order valence-electron chi connectivity index (χ1n) is 11.5. The van der Waals surface area contributed by atoms with Gasteiger partial charge in [0, 0.05) is 29.7 Å². The van der Waals surface area contributed by atoms with Crippen LogP contribution >= 0.6 is 11.8 Å². The predicted octanol–water partition coefficient (Wildman–Crippen LogP) is 5.52. The van der Waals surface area contributed by atoms with Crippen LogP contribution in [0.3, 0.4) is 0 Å². The zero-order valence-electron chi connectivity index (χ0n) is 19.5. The molecule has 0 saturated carbocycles. The molecule has 0 fully saturated rings. The minimum atomic E-state index is 0.0806. The molecule has 1 amide bonds. The number of para-hydroxylation sites is 2. The lowest BCUT2D eigenvalue weighted by Crippen LogP contribution is -2.37. The fraction of sp³-hybridized carbons (Fsp3) is 0.259. The smallest absolute Gasteiger partial charge is 0.237 e. The van der Waals surface area contributed by atoms with Crippen LogP contribution in [0, 0.1) is 0 Å². The van der Waals surface area contributed by atoms with E-state index in [1.807, 2.05) is 41.3 Å². The van der Waals surface area contributed by atoms with E-state index in [1.165, 1.54) is 22.9 Å². The summed E-state index contributed by atoms with van der Waals surface area (Å²) in [6.45, 7) is 6.45. The number of hydrogen-bond acceptors (Lipinski definition) is 5. The third-order valence-electron chi connectivity index (χ3n) is 6.15. The number of carbonyl (C=O) groups excluding carboxylic acids is 1. The summed E-state index contributed by atoms with van der Waals surface area (Å²) in [6.07, 6.45) is 4.42. The van der Waals surface area contributed by atoms with Gasteiger partial charge in [0.25, 0.3) is 0 Å². The second-order valence-electron chi connectivity index (χ2n) is 8.83. The Morgan fingerprint density at radius 2 is 1.79 bits per heavy atom. The molecule has 1 atom stereocenters. The Labute approximate surface area is 204 Å². The van der Waals surface area contributed by atoms with E-state index in [1.54, 1.807) is 12.4 Å². The minimum Gasteiger partial charge on any atom is -0.308 e. The van der Waals surface area contributed by atoms with Crippen LogP contribution in [0.5, 0.6) is 0 Å². The fourth-order valence-electron chi connectivity index (χ4n) is 4.58. The molecule has 0 aliphatic carbocycles.